The Morgan fingerprint density at radius 2 is 2.05 bits per heavy atom. The van der Waals surface area contributed by atoms with Gasteiger partial charge in [-0.05, 0) is 6.07 Å². The number of methoxy groups -OCH3 is 1. The normalized spacial score (nSPS) is 11.5. The second-order valence-electron chi connectivity index (χ2n) is 3.87. The zero-order valence-electron chi connectivity index (χ0n) is 11.2. The van der Waals surface area contributed by atoms with Gasteiger partial charge >= 0.3 is 5.69 Å². The van der Waals surface area contributed by atoms with E-state index in [2.05, 4.69) is 4.72 Å². The Kier molecular flexibility index (Phi) is 6.62. The van der Waals surface area contributed by atoms with Crippen molar-refractivity contribution in [2.75, 3.05) is 33.5 Å². The molecule has 0 aliphatic rings. The maximum atomic E-state index is 13.4. The lowest BCUT2D eigenvalue weighted by atomic mass is 10.3. The van der Waals surface area contributed by atoms with Crippen molar-refractivity contribution in [3.05, 3.63) is 34.1 Å². The van der Waals surface area contributed by atoms with Crippen molar-refractivity contribution in [3.63, 3.8) is 0 Å². The van der Waals surface area contributed by atoms with Gasteiger partial charge in [0, 0.05) is 25.8 Å². The number of hydrogen-bond donors (Lipinski definition) is 1. The Morgan fingerprint density at radius 3 is 2.62 bits per heavy atom. The number of nitro groups is 1. The van der Waals surface area contributed by atoms with Crippen LogP contribution in [0.2, 0.25) is 0 Å². The second kappa shape index (κ2) is 7.98. The minimum absolute atomic E-state index is 0.00927. The van der Waals surface area contributed by atoms with Crippen LogP contribution in [0.4, 0.5) is 10.1 Å². The van der Waals surface area contributed by atoms with Crippen molar-refractivity contribution in [2.45, 2.75) is 4.90 Å². The van der Waals surface area contributed by atoms with Crippen molar-refractivity contribution in [3.8, 4) is 0 Å². The van der Waals surface area contributed by atoms with E-state index in [4.69, 9.17) is 9.47 Å². The molecule has 0 unspecified atom stereocenters. The van der Waals surface area contributed by atoms with Crippen molar-refractivity contribution >= 4 is 15.7 Å². The van der Waals surface area contributed by atoms with E-state index in [1.165, 1.54) is 7.11 Å². The Hall–Kier alpha value is -1.62. The molecule has 118 valence electrons. The minimum Gasteiger partial charge on any atom is -0.382 e. The topological polar surface area (TPSA) is 108 Å². The molecule has 0 aliphatic heterocycles. The SMILES string of the molecule is COCCOCCNS(=O)(=O)c1ccc([N+](=O)[O-])c(F)c1. The number of nitrogens with zero attached hydrogens (tertiary/aromatic N) is 1. The standard InChI is InChI=1S/C11H15FN2O6S/c1-19-6-7-20-5-4-13-21(17,18)9-2-3-11(14(15)16)10(12)8-9/h2-3,8,13H,4-7H2,1H3. The summed E-state index contributed by atoms with van der Waals surface area (Å²) in [6, 6.07) is 2.38. The Morgan fingerprint density at radius 1 is 1.33 bits per heavy atom. The van der Waals surface area contributed by atoms with Crippen LogP contribution in [0, 0.1) is 15.9 Å². The fraction of sp³-hybridized carbons (Fsp3) is 0.455. The first-order chi connectivity index (χ1) is 9.88. The van der Waals surface area contributed by atoms with Gasteiger partial charge in [0.05, 0.1) is 29.6 Å². The van der Waals surface area contributed by atoms with E-state index >= 15 is 0 Å². The number of sulfonamides is 1. The van der Waals surface area contributed by atoms with E-state index in [-0.39, 0.29) is 18.0 Å². The molecule has 1 rings (SSSR count). The Balaban J connectivity index is 2.62. The molecular weight excluding hydrogens is 307 g/mol. The van der Waals surface area contributed by atoms with Crippen LogP contribution in [0.25, 0.3) is 0 Å². The zero-order chi connectivity index (χ0) is 15.9. The Labute approximate surface area is 121 Å². The fourth-order valence-corrected chi connectivity index (χ4v) is 2.40. The van der Waals surface area contributed by atoms with Gasteiger partial charge in [-0.3, -0.25) is 10.1 Å². The summed E-state index contributed by atoms with van der Waals surface area (Å²) in [6.07, 6.45) is 0. The molecule has 8 nitrogen and oxygen atoms in total. The zero-order valence-corrected chi connectivity index (χ0v) is 12.1. The molecule has 10 heteroatoms. The van der Waals surface area contributed by atoms with Crippen LogP contribution in [0.3, 0.4) is 0 Å². The van der Waals surface area contributed by atoms with Gasteiger partial charge in [0.25, 0.3) is 0 Å². The van der Waals surface area contributed by atoms with Gasteiger partial charge in [0.15, 0.2) is 0 Å². The molecule has 0 bridgehead atoms. The summed E-state index contributed by atoms with van der Waals surface area (Å²) < 4.78 is 49.0. The summed E-state index contributed by atoms with van der Waals surface area (Å²) in [7, 11) is -2.43. The van der Waals surface area contributed by atoms with Gasteiger partial charge in [-0.15, -0.1) is 0 Å². The number of benzene rings is 1. The maximum Gasteiger partial charge on any atom is 0.304 e. The molecule has 21 heavy (non-hydrogen) atoms. The van der Waals surface area contributed by atoms with Gasteiger partial charge in [-0.1, -0.05) is 0 Å². The van der Waals surface area contributed by atoms with E-state index in [1.54, 1.807) is 0 Å². The van der Waals surface area contributed by atoms with Gasteiger partial charge in [-0.25, -0.2) is 13.1 Å². The average Bonchev–Trinajstić information content (AvgIpc) is 2.42. The van der Waals surface area contributed by atoms with Crippen LogP contribution < -0.4 is 4.72 Å². The third kappa shape index (κ3) is 5.34. The first-order valence-electron chi connectivity index (χ1n) is 5.89. The molecule has 1 aromatic carbocycles. The van der Waals surface area contributed by atoms with E-state index in [0.717, 1.165) is 12.1 Å². The quantitative estimate of drug-likeness (QED) is 0.407. The summed E-state index contributed by atoms with van der Waals surface area (Å²) in [4.78, 5) is 9.14. The van der Waals surface area contributed by atoms with E-state index in [9.17, 15) is 22.9 Å². The van der Waals surface area contributed by atoms with Crippen LogP contribution in [-0.2, 0) is 19.5 Å². The third-order valence-electron chi connectivity index (χ3n) is 2.40. The number of rotatable bonds is 9. The molecule has 1 aromatic rings. The first-order valence-corrected chi connectivity index (χ1v) is 7.37. The molecule has 0 saturated heterocycles. The summed E-state index contributed by atoms with van der Waals surface area (Å²) in [5.74, 6) is -1.21. The highest BCUT2D eigenvalue weighted by Gasteiger charge is 2.20. The highest BCUT2D eigenvalue weighted by molar-refractivity contribution is 7.89. The smallest absolute Gasteiger partial charge is 0.304 e. The highest BCUT2D eigenvalue weighted by atomic mass is 32.2. The number of nitro benzene ring substituents is 1. The highest BCUT2D eigenvalue weighted by Crippen LogP contribution is 2.20. The first kappa shape index (κ1) is 17.4. The maximum absolute atomic E-state index is 13.4. The summed E-state index contributed by atoms with van der Waals surface area (Å²) in [5.41, 5.74) is -0.781. The van der Waals surface area contributed by atoms with E-state index < -0.39 is 26.5 Å². The molecule has 0 amide bonds. The predicted octanol–water partition coefficient (Wildman–Crippen LogP) is 0.675. The molecule has 0 aromatic heterocycles. The largest absolute Gasteiger partial charge is 0.382 e. The second-order valence-corrected chi connectivity index (χ2v) is 5.64. The monoisotopic (exact) mass is 322 g/mol. The lowest BCUT2D eigenvalue weighted by Crippen LogP contribution is -2.28. The van der Waals surface area contributed by atoms with Crippen LogP contribution in [0.15, 0.2) is 23.1 Å². The van der Waals surface area contributed by atoms with Gasteiger partial charge in [0.1, 0.15) is 0 Å². The molecule has 0 atom stereocenters. The van der Waals surface area contributed by atoms with Crippen molar-refractivity contribution in [2.24, 2.45) is 0 Å². The minimum atomic E-state index is -3.94. The number of nitrogens with one attached hydrogen (secondary N) is 1. The molecule has 1 N–H and O–H groups in total. The van der Waals surface area contributed by atoms with E-state index in [0.29, 0.717) is 19.3 Å². The van der Waals surface area contributed by atoms with E-state index in [1.807, 2.05) is 0 Å². The number of halogens is 1. The summed E-state index contributed by atoms with van der Waals surface area (Å²) in [5, 5.41) is 10.5. The number of ether oxygens (including phenoxy) is 2. The van der Waals surface area contributed by atoms with Crippen LogP contribution >= 0.6 is 0 Å². The molecule has 0 fully saturated rings. The van der Waals surface area contributed by atoms with Gasteiger partial charge < -0.3 is 9.47 Å². The predicted molar refractivity (Wildman–Crippen MR) is 70.9 cm³/mol. The molecule has 0 heterocycles. The van der Waals surface area contributed by atoms with Gasteiger partial charge in [0.2, 0.25) is 15.8 Å². The van der Waals surface area contributed by atoms with Crippen LogP contribution in [0.1, 0.15) is 0 Å². The van der Waals surface area contributed by atoms with Gasteiger partial charge in [-0.2, -0.15) is 4.39 Å². The lowest BCUT2D eigenvalue weighted by molar-refractivity contribution is -0.387. The Bertz CT molecular complexity index is 592. The average molecular weight is 322 g/mol. The van der Waals surface area contributed by atoms with Crippen LogP contribution in [-0.4, -0.2) is 46.8 Å². The van der Waals surface area contributed by atoms with Crippen molar-refractivity contribution in [1.82, 2.24) is 4.72 Å². The lowest BCUT2D eigenvalue weighted by Gasteiger charge is -2.07. The van der Waals surface area contributed by atoms with Crippen LogP contribution in [0.5, 0.6) is 0 Å². The third-order valence-corrected chi connectivity index (χ3v) is 3.86. The summed E-state index contributed by atoms with van der Waals surface area (Å²) in [6.45, 7) is 0.827. The van der Waals surface area contributed by atoms with Crippen molar-refractivity contribution < 1.29 is 27.2 Å². The molecule has 0 saturated carbocycles. The molecular formula is C11H15FN2O6S. The molecule has 0 aliphatic carbocycles. The fourth-order valence-electron chi connectivity index (χ4n) is 1.38. The summed E-state index contributed by atoms with van der Waals surface area (Å²) >= 11 is 0. The molecule has 0 spiro atoms. The number of hydrogen-bond acceptors (Lipinski definition) is 6. The molecule has 0 radical (unpaired) electrons. The van der Waals surface area contributed by atoms with Crippen molar-refractivity contribution in [1.29, 1.82) is 0 Å².